The van der Waals surface area contributed by atoms with Gasteiger partial charge in [0.15, 0.2) is 11.0 Å². The van der Waals surface area contributed by atoms with Gasteiger partial charge in [-0.15, -0.1) is 10.2 Å². The van der Waals surface area contributed by atoms with Crippen LogP contribution in [-0.2, 0) is 11.8 Å². The molecule has 0 unspecified atom stereocenters. The quantitative estimate of drug-likeness (QED) is 0.609. The van der Waals surface area contributed by atoms with Crippen molar-refractivity contribution in [2.45, 2.75) is 17.3 Å². The van der Waals surface area contributed by atoms with E-state index in [0.29, 0.717) is 5.16 Å². The number of aromatic nitrogens is 3. The number of carbonyl (C=O) groups excluding carboxylic acids is 1. The van der Waals surface area contributed by atoms with E-state index in [0.717, 1.165) is 22.8 Å². The molecule has 1 atom stereocenters. The van der Waals surface area contributed by atoms with Crippen molar-refractivity contribution in [3.63, 3.8) is 0 Å². The molecule has 7 heteroatoms. The molecule has 1 amide bonds. The third-order valence-electron chi connectivity index (χ3n) is 4.29. The summed E-state index contributed by atoms with van der Waals surface area (Å²) >= 11 is 1.40. The molecule has 3 rings (SSSR count). The van der Waals surface area contributed by atoms with E-state index in [9.17, 15) is 4.79 Å². The van der Waals surface area contributed by atoms with Gasteiger partial charge in [-0.05, 0) is 43.3 Å². The van der Waals surface area contributed by atoms with Gasteiger partial charge < -0.3 is 14.2 Å². The van der Waals surface area contributed by atoms with E-state index in [-0.39, 0.29) is 11.2 Å². The van der Waals surface area contributed by atoms with Crippen LogP contribution in [0.2, 0.25) is 0 Å². The summed E-state index contributed by atoms with van der Waals surface area (Å²) in [6, 6.07) is 17.3. The van der Waals surface area contributed by atoms with Crippen LogP contribution in [0.15, 0.2) is 59.8 Å². The number of para-hydroxylation sites is 1. The number of ether oxygens (including phenoxy) is 1. The molecule has 0 saturated carbocycles. The second kappa shape index (κ2) is 8.26. The first-order valence-electron chi connectivity index (χ1n) is 8.54. The first-order valence-corrected chi connectivity index (χ1v) is 9.42. The van der Waals surface area contributed by atoms with Crippen LogP contribution in [0.5, 0.6) is 5.75 Å². The highest BCUT2D eigenvalue weighted by molar-refractivity contribution is 8.00. The molecule has 140 valence electrons. The molecule has 0 saturated heterocycles. The molecule has 3 aromatic rings. The smallest absolute Gasteiger partial charge is 0.240 e. The van der Waals surface area contributed by atoms with Crippen molar-refractivity contribution in [2.24, 2.45) is 7.05 Å². The van der Waals surface area contributed by atoms with Gasteiger partial charge in [-0.2, -0.15) is 0 Å². The Kier molecular flexibility index (Phi) is 5.81. The summed E-state index contributed by atoms with van der Waals surface area (Å²) in [5.74, 6) is 1.55. The summed E-state index contributed by atoms with van der Waals surface area (Å²) in [5.41, 5.74) is 1.81. The minimum atomic E-state index is -0.290. The van der Waals surface area contributed by atoms with Crippen LogP contribution >= 0.6 is 11.8 Å². The van der Waals surface area contributed by atoms with Crippen LogP contribution in [0.4, 0.5) is 5.69 Å². The highest BCUT2D eigenvalue weighted by atomic mass is 32.2. The van der Waals surface area contributed by atoms with Gasteiger partial charge in [-0.3, -0.25) is 4.79 Å². The lowest BCUT2D eigenvalue weighted by Crippen LogP contribution is -2.33. The lowest BCUT2D eigenvalue weighted by Gasteiger charge is -2.20. The predicted molar refractivity (Wildman–Crippen MR) is 108 cm³/mol. The molecule has 1 heterocycles. The van der Waals surface area contributed by atoms with Crippen molar-refractivity contribution >= 4 is 23.4 Å². The normalized spacial score (nSPS) is 11.9. The Labute approximate surface area is 163 Å². The van der Waals surface area contributed by atoms with E-state index >= 15 is 0 Å². The molecule has 0 spiro atoms. The molecule has 1 aromatic heterocycles. The zero-order valence-electron chi connectivity index (χ0n) is 15.8. The molecular formula is C20H22N4O2S. The molecular weight excluding hydrogens is 360 g/mol. The number of nitrogens with zero attached hydrogens (tertiary/aromatic N) is 4. The van der Waals surface area contributed by atoms with Crippen molar-refractivity contribution in [2.75, 3.05) is 19.1 Å². The summed E-state index contributed by atoms with van der Waals surface area (Å²) in [6.45, 7) is 1.88. The van der Waals surface area contributed by atoms with Gasteiger partial charge in [0.1, 0.15) is 5.75 Å². The maximum Gasteiger partial charge on any atom is 0.240 e. The number of benzene rings is 2. The molecule has 0 aliphatic heterocycles. The largest absolute Gasteiger partial charge is 0.497 e. The first kappa shape index (κ1) is 19.0. The van der Waals surface area contributed by atoms with Gasteiger partial charge in [0, 0.05) is 25.3 Å². The number of anilines is 1. The minimum Gasteiger partial charge on any atom is -0.497 e. The van der Waals surface area contributed by atoms with Crippen LogP contribution < -0.4 is 9.64 Å². The monoisotopic (exact) mass is 382 g/mol. The van der Waals surface area contributed by atoms with Gasteiger partial charge in [0.05, 0.1) is 12.4 Å². The Morgan fingerprint density at radius 2 is 1.78 bits per heavy atom. The Morgan fingerprint density at radius 3 is 2.41 bits per heavy atom. The van der Waals surface area contributed by atoms with Crippen molar-refractivity contribution in [1.29, 1.82) is 0 Å². The average molecular weight is 382 g/mol. The Morgan fingerprint density at radius 1 is 1.11 bits per heavy atom. The maximum atomic E-state index is 12.7. The molecule has 0 radical (unpaired) electrons. The van der Waals surface area contributed by atoms with E-state index < -0.39 is 0 Å². The number of hydrogen-bond donors (Lipinski definition) is 0. The van der Waals surface area contributed by atoms with Crippen LogP contribution in [0.1, 0.15) is 6.92 Å². The number of hydrogen-bond acceptors (Lipinski definition) is 5. The van der Waals surface area contributed by atoms with Gasteiger partial charge in [0.25, 0.3) is 0 Å². The average Bonchev–Trinajstić information content (AvgIpc) is 3.07. The third-order valence-corrected chi connectivity index (χ3v) is 5.41. The molecule has 27 heavy (non-hydrogen) atoms. The highest BCUT2D eigenvalue weighted by Crippen LogP contribution is 2.28. The van der Waals surface area contributed by atoms with Crippen LogP contribution in [0, 0.1) is 0 Å². The van der Waals surface area contributed by atoms with E-state index in [2.05, 4.69) is 10.2 Å². The summed E-state index contributed by atoms with van der Waals surface area (Å²) in [6.07, 6.45) is 0. The number of thioether (sulfide) groups is 1. The lowest BCUT2D eigenvalue weighted by atomic mass is 10.2. The second-order valence-electron chi connectivity index (χ2n) is 6.09. The number of methoxy groups -OCH3 is 1. The molecule has 6 nitrogen and oxygen atoms in total. The Hall–Kier alpha value is -2.80. The molecule has 0 fully saturated rings. The highest BCUT2D eigenvalue weighted by Gasteiger charge is 2.22. The topological polar surface area (TPSA) is 60.3 Å². The van der Waals surface area contributed by atoms with E-state index in [1.54, 1.807) is 19.1 Å². The number of amides is 1. The van der Waals surface area contributed by atoms with Crippen LogP contribution in [-0.4, -0.2) is 40.1 Å². The fraction of sp³-hybridized carbons (Fsp3) is 0.250. The predicted octanol–water partition coefficient (Wildman–Crippen LogP) is 3.63. The first-order chi connectivity index (χ1) is 13.0. The summed E-state index contributed by atoms with van der Waals surface area (Å²) in [5, 5.41) is 8.95. The van der Waals surface area contributed by atoms with Gasteiger partial charge in [0.2, 0.25) is 5.91 Å². The number of carbonyl (C=O) groups is 1. The van der Waals surface area contributed by atoms with Gasteiger partial charge in [-0.25, -0.2) is 0 Å². The Bertz CT molecular complexity index is 909. The molecule has 2 aromatic carbocycles. The van der Waals surface area contributed by atoms with Crippen molar-refractivity contribution < 1.29 is 9.53 Å². The maximum absolute atomic E-state index is 12.7. The zero-order chi connectivity index (χ0) is 19.4. The second-order valence-corrected chi connectivity index (χ2v) is 7.39. The van der Waals surface area contributed by atoms with Crippen LogP contribution in [0.25, 0.3) is 11.4 Å². The number of rotatable bonds is 6. The van der Waals surface area contributed by atoms with E-state index in [1.165, 1.54) is 11.8 Å². The lowest BCUT2D eigenvalue weighted by molar-refractivity contribution is -0.117. The third kappa shape index (κ3) is 4.14. The summed E-state index contributed by atoms with van der Waals surface area (Å²) in [7, 11) is 5.32. The fourth-order valence-electron chi connectivity index (χ4n) is 2.67. The fourth-order valence-corrected chi connectivity index (χ4v) is 3.58. The summed E-state index contributed by atoms with van der Waals surface area (Å²) in [4.78, 5) is 14.4. The standard InChI is InChI=1S/C20H22N4O2S/c1-14(19(25)23(2)16-8-6-5-7-9-16)27-20-22-21-18(24(20)3)15-10-12-17(26-4)13-11-15/h5-14H,1-4H3/t14-/m0/s1. The van der Waals surface area contributed by atoms with E-state index in [1.807, 2.05) is 73.1 Å². The van der Waals surface area contributed by atoms with Crippen molar-refractivity contribution in [3.8, 4) is 17.1 Å². The Balaban J connectivity index is 1.74. The molecule has 0 N–H and O–H groups in total. The van der Waals surface area contributed by atoms with Gasteiger partial charge >= 0.3 is 0 Å². The van der Waals surface area contributed by atoms with Crippen molar-refractivity contribution in [1.82, 2.24) is 14.8 Å². The van der Waals surface area contributed by atoms with Crippen LogP contribution in [0.3, 0.4) is 0 Å². The zero-order valence-corrected chi connectivity index (χ0v) is 16.6. The summed E-state index contributed by atoms with van der Waals surface area (Å²) < 4.78 is 7.09. The van der Waals surface area contributed by atoms with E-state index in [4.69, 9.17) is 4.74 Å². The minimum absolute atomic E-state index is 0.0141. The SMILES string of the molecule is COc1ccc(-c2nnc(S[C@@H](C)C(=O)N(C)c3ccccc3)n2C)cc1. The molecule has 0 bridgehead atoms. The molecule has 0 aliphatic carbocycles. The molecule has 0 aliphatic rings. The van der Waals surface area contributed by atoms with Gasteiger partial charge in [-0.1, -0.05) is 30.0 Å². The van der Waals surface area contributed by atoms with Crippen molar-refractivity contribution in [3.05, 3.63) is 54.6 Å².